The number of rotatable bonds is 5. The third-order valence-corrected chi connectivity index (χ3v) is 5.14. The highest BCUT2D eigenvalue weighted by Gasteiger charge is 2.35. The van der Waals surface area contributed by atoms with Crippen molar-refractivity contribution in [1.82, 2.24) is 9.88 Å². The van der Waals surface area contributed by atoms with Crippen molar-refractivity contribution in [2.45, 2.75) is 19.4 Å². The van der Waals surface area contributed by atoms with E-state index in [1.54, 1.807) is 30.6 Å². The second-order valence-corrected chi connectivity index (χ2v) is 6.89. The molecule has 0 bridgehead atoms. The predicted octanol–water partition coefficient (Wildman–Crippen LogP) is 3.36. The van der Waals surface area contributed by atoms with E-state index < -0.39 is 18.1 Å². The molecule has 0 saturated carbocycles. The zero-order valence-electron chi connectivity index (χ0n) is 14.0. The molecule has 26 heavy (non-hydrogen) atoms. The van der Waals surface area contributed by atoms with E-state index in [0.717, 1.165) is 10.6 Å². The molecule has 2 aromatic rings. The van der Waals surface area contributed by atoms with Crippen molar-refractivity contribution >= 4 is 35.0 Å². The highest BCUT2D eigenvalue weighted by Crippen LogP contribution is 2.41. The molecule has 0 radical (unpaired) electrons. The third kappa shape index (κ3) is 3.76. The monoisotopic (exact) mass is 396 g/mol. The van der Waals surface area contributed by atoms with Crippen LogP contribution in [-0.2, 0) is 16.0 Å². The summed E-state index contributed by atoms with van der Waals surface area (Å²) < 4.78 is 10.5. The van der Waals surface area contributed by atoms with Gasteiger partial charge in [0.2, 0.25) is 0 Å². The van der Waals surface area contributed by atoms with Gasteiger partial charge in [0.1, 0.15) is 11.8 Å². The summed E-state index contributed by atoms with van der Waals surface area (Å²) >= 11 is 7.54. The lowest BCUT2D eigenvalue weighted by atomic mass is 9.97. The number of esters is 1. The number of hydrogen-bond donors (Lipinski definition) is 1. The third-order valence-electron chi connectivity index (χ3n) is 3.99. The topological polar surface area (TPSA) is 89.0 Å². The number of benzene rings is 1. The normalized spacial score (nSPS) is 16.1. The average molecular weight is 397 g/mol. The minimum Gasteiger partial charge on any atom is -0.482 e. The average Bonchev–Trinajstić information content (AvgIpc) is 3.08. The maximum absolute atomic E-state index is 11.8. The Morgan fingerprint density at radius 3 is 3.00 bits per heavy atom. The maximum atomic E-state index is 11.8. The van der Waals surface area contributed by atoms with Gasteiger partial charge in [-0.05, 0) is 25.1 Å². The van der Waals surface area contributed by atoms with Gasteiger partial charge in [-0.1, -0.05) is 11.6 Å². The standard InChI is InChI=1S/C17H17ClN2O5S/c1-2-24-14(21)8-25-13-4-3-10(18)7-11(13)15-16-12(19-9-26-16)5-6-20(15)17(22)23/h3-4,7,9,15H,2,5-6,8H2,1H3,(H,22,23)/t15-/m1/s1. The van der Waals surface area contributed by atoms with Crippen LogP contribution in [0.4, 0.5) is 4.79 Å². The number of hydrogen-bond acceptors (Lipinski definition) is 6. The number of halogens is 1. The van der Waals surface area contributed by atoms with E-state index in [1.165, 1.54) is 16.2 Å². The van der Waals surface area contributed by atoms with E-state index in [-0.39, 0.29) is 13.2 Å². The molecule has 3 rings (SSSR count). The Morgan fingerprint density at radius 1 is 1.46 bits per heavy atom. The number of carboxylic acid groups (broad SMARTS) is 1. The number of fused-ring (bicyclic) bond motifs is 1. The molecule has 1 aromatic carbocycles. The number of amides is 1. The molecule has 0 saturated heterocycles. The molecule has 0 aliphatic carbocycles. The molecule has 138 valence electrons. The van der Waals surface area contributed by atoms with E-state index in [1.807, 2.05) is 0 Å². The minimum atomic E-state index is -1.04. The Morgan fingerprint density at radius 2 is 2.27 bits per heavy atom. The number of ether oxygens (including phenoxy) is 2. The predicted molar refractivity (Wildman–Crippen MR) is 96.0 cm³/mol. The lowest BCUT2D eigenvalue weighted by Crippen LogP contribution is -2.39. The smallest absolute Gasteiger partial charge is 0.408 e. The Labute approximate surface area is 159 Å². The van der Waals surface area contributed by atoms with Gasteiger partial charge in [-0.15, -0.1) is 11.3 Å². The van der Waals surface area contributed by atoms with Crippen molar-refractivity contribution in [2.24, 2.45) is 0 Å². The van der Waals surface area contributed by atoms with E-state index >= 15 is 0 Å². The summed E-state index contributed by atoms with van der Waals surface area (Å²) in [5.74, 6) is -0.106. The number of nitrogens with zero attached hydrogens (tertiary/aromatic N) is 2. The first-order chi connectivity index (χ1) is 12.5. The summed E-state index contributed by atoms with van der Waals surface area (Å²) in [4.78, 5) is 29.9. The van der Waals surface area contributed by atoms with Crippen LogP contribution in [-0.4, -0.2) is 46.8 Å². The van der Waals surface area contributed by atoms with Gasteiger partial charge < -0.3 is 14.6 Å². The van der Waals surface area contributed by atoms with E-state index in [2.05, 4.69) is 4.98 Å². The summed E-state index contributed by atoms with van der Waals surface area (Å²) in [7, 11) is 0. The zero-order chi connectivity index (χ0) is 18.7. The van der Waals surface area contributed by atoms with Gasteiger partial charge in [0.15, 0.2) is 6.61 Å². The summed E-state index contributed by atoms with van der Waals surface area (Å²) in [5.41, 5.74) is 3.15. The Bertz CT molecular complexity index is 825. The molecule has 0 fully saturated rings. The first-order valence-electron chi connectivity index (χ1n) is 8.01. The Hall–Kier alpha value is -2.32. The van der Waals surface area contributed by atoms with Crippen LogP contribution in [0, 0.1) is 0 Å². The molecule has 1 N–H and O–H groups in total. The molecule has 1 aliphatic heterocycles. The second-order valence-electron chi connectivity index (χ2n) is 5.57. The highest BCUT2D eigenvalue weighted by atomic mass is 35.5. The van der Waals surface area contributed by atoms with Crippen LogP contribution in [0.5, 0.6) is 5.75 Å². The minimum absolute atomic E-state index is 0.259. The van der Waals surface area contributed by atoms with Crippen LogP contribution in [0.2, 0.25) is 5.02 Å². The molecule has 1 aromatic heterocycles. The summed E-state index contributed by atoms with van der Waals surface area (Å²) in [6.45, 7) is 2.03. The Balaban J connectivity index is 1.99. The number of aromatic nitrogens is 1. The fraction of sp³-hybridized carbons (Fsp3) is 0.353. The SMILES string of the molecule is CCOC(=O)COc1ccc(Cl)cc1[C@@H]1c2scnc2CCN1C(=O)O. The van der Waals surface area contributed by atoms with Crippen LogP contribution in [0.25, 0.3) is 0 Å². The fourth-order valence-electron chi connectivity index (χ4n) is 2.90. The van der Waals surface area contributed by atoms with Crippen molar-refractivity contribution in [3.8, 4) is 5.75 Å². The zero-order valence-corrected chi connectivity index (χ0v) is 15.5. The fourth-order valence-corrected chi connectivity index (χ4v) is 4.05. The van der Waals surface area contributed by atoms with Crippen molar-refractivity contribution in [2.75, 3.05) is 19.8 Å². The lowest BCUT2D eigenvalue weighted by Gasteiger charge is -2.34. The van der Waals surface area contributed by atoms with Crippen molar-refractivity contribution in [3.63, 3.8) is 0 Å². The molecular formula is C17H17ClN2O5S. The first-order valence-corrected chi connectivity index (χ1v) is 9.26. The number of thiazole rings is 1. The molecular weight excluding hydrogens is 380 g/mol. The van der Waals surface area contributed by atoms with Crippen LogP contribution >= 0.6 is 22.9 Å². The van der Waals surface area contributed by atoms with E-state index in [4.69, 9.17) is 21.1 Å². The van der Waals surface area contributed by atoms with Gasteiger partial charge in [-0.3, -0.25) is 4.90 Å². The van der Waals surface area contributed by atoms with Crippen LogP contribution in [0.3, 0.4) is 0 Å². The molecule has 7 nitrogen and oxygen atoms in total. The quantitative estimate of drug-likeness (QED) is 0.779. The van der Waals surface area contributed by atoms with Gasteiger partial charge >= 0.3 is 12.1 Å². The summed E-state index contributed by atoms with van der Waals surface area (Å²) in [6, 6.07) is 4.34. The Kier molecular flexibility index (Phi) is 5.63. The summed E-state index contributed by atoms with van der Waals surface area (Å²) in [6.07, 6.45) is -0.480. The molecule has 2 heterocycles. The lowest BCUT2D eigenvalue weighted by molar-refractivity contribution is -0.145. The molecule has 1 aliphatic rings. The van der Waals surface area contributed by atoms with Crippen LogP contribution in [0.15, 0.2) is 23.7 Å². The molecule has 0 spiro atoms. The first kappa shape index (κ1) is 18.5. The number of carbonyl (C=O) groups is 2. The molecule has 1 atom stereocenters. The van der Waals surface area contributed by atoms with Crippen molar-refractivity contribution in [3.05, 3.63) is 44.9 Å². The maximum Gasteiger partial charge on any atom is 0.408 e. The van der Waals surface area contributed by atoms with Crippen molar-refractivity contribution in [1.29, 1.82) is 0 Å². The van der Waals surface area contributed by atoms with Gasteiger partial charge in [0, 0.05) is 23.6 Å². The second kappa shape index (κ2) is 7.92. The highest BCUT2D eigenvalue weighted by molar-refractivity contribution is 7.09. The molecule has 1 amide bonds. The van der Waals surface area contributed by atoms with Crippen molar-refractivity contribution < 1.29 is 24.2 Å². The molecule has 9 heteroatoms. The van der Waals surface area contributed by atoms with Crippen LogP contribution in [0.1, 0.15) is 29.1 Å². The van der Waals surface area contributed by atoms with E-state index in [9.17, 15) is 14.7 Å². The number of carbonyl (C=O) groups excluding carboxylic acids is 1. The van der Waals surface area contributed by atoms with Gasteiger partial charge in [0.25, 0.3) is 0 Å². The van der Waals surface area contributed by atoms with E-state index in [0.29, 0.717) is 29.3 Å². The van der Waals surface area contributed by atoms with Gasteiger partial charge in [0.05, 0.1) is 22.7 Å². The largest absolute Gasteiger partial charge is 0.482 e. The molecule has 0 unspecified atom stereocenters. The van der Waals surface area contributed by atoms with Crippen LogP contribution < -0.4 is 4.74 Å². The summed E-state index contributed by atoms with van der Waals surface area (Å²) in [5, 5.41) is 10.1. The van der Waals surface area contributed by atoms with Gasteiger partial charge in [-0.2, -0.15) is 0 Å². The van der Waals surface area contributed by atoms with Gasteiger partial charge in [-0.25, -0.2) is 14.6 Å².